The largest absolute Gasteiger partial charge is 0.495 e. The van der Waals surface area contributed by atoms with Crippen LogP contribution in [0.25, 0.3) is 0 Å². The van der Waals surface area contributed by atoms with E-state index in [2.05, 4.69) is 5.32 Å². The fourth-order valence-corrected chi connectivity index (χ4v) is 5.10. The van der Waals surface area contributed by atoms with E-state index in [9.17, 15) is 18.0 Å². The monoisotopic (exact) mass is 440 g/mol. The third-order valence-corrected chi connectivity index (χ3v) is 7.19. The predicted octanol–water partition coefficient (Wildman–Crippen LogP) is 2.72. The fraction of sp³-hybridized carbons (Fsp3) is 0.619. The average molecular weight is 441 g/mol. The summed E-state index contributed by atoms with van der Waals surface area (Å²) in [7, 11) is -2.43. The molecule has 0 atom stereocenters. The molecular formula is C21H32N2O6S. The highest BCUT2D eigenvalue weighted by Gasteiger charge is 2.29. The van der Waals surface area contributed by atoms with Gasteiger partial charge in [-0.05, 0) is 43.9 Å². The average Bonchev–Trinajstić information content (AvgIpc) is 3.05. The second-order valence-electron chi connectivity index (χ2n) is 7.34. The summed E-state index contributed by atoms with van der Waals surface area (Å²) in [5.41, 5.74) is 0.0551. The van der Waals surface area contributed by atoms with E-state index in [1.165, 1.54) is 29.6 Å². The van der Waals surface area contributed by atoms with Gasteiger partial charge in [-0.25, -0.2) is 13.2 Å². The first-order valence-corrected chi connectivity index (χ1v) is 11.9. The molecule has 1 saturated heterocycles. The van der Waals surface area contributed by atoms with Gasteiger partial charge in [0.15, 0.2) is 6.61 Å². The molecule has 1 N–H and O–H groups in total. The number of carbonyl (C=O) groups is 2. The molecule has 1 amide bonds. The van der Waals surface area contributed by atoms with Crippen molar-refractivity contribution in [2.75, 3.05) is 26.8 Å². The highest BCUT2D eigenvalue weighted by Crippen LogP contribution is 2.29. The molecule has 0 radical (unpaired) electrons. The number of esters is 1. The van der Waals surface area contributed by atoms with Crippen LogP contribution in [-0.2, 0) is 19.6 Å². The van der Waals surface area contributed by atoms with Gasteiger partial charge in [0.1, 0.15) is 10.6 Å². The molecule has 9 heteroatoms. The summed E-state index contributed by atoms with van der Waals surface area (Å²) in [6.07, 6.45) is 5.16. The molecule has 1 heterocycles. The van der Waals surface area contributed by atoms with Crippen LogP contribution in [0.5, 0.6) is 5.75 Å². The van der Waals surface area contributed by atoms with Crippen molar-refractivity contribution in [3.8, 4) is 5.75 Å². The fourth-order valence-electron chi connectivity index (χ4n) is 3.40. The van der Waals surface area contributed by atoms with E-state index in [0.29, 0.717) is 13.1 Å². The minimum atomic E-state index is -3.82. The molecule has 1 aromatic rings. The molecule has 1 fully saturated rings. The van der Waals surface area contributed by atoms with E-state index < -0.39 is 22.6 Å². The number of rotatable bonds is 9. The SMILES string of the molecule is CCC(CC)NC(=O)COC(=O)c1ccc(OC)c(S(=O)(=O)N2CCCCCC2)c1. The van der Waals surface area contributed by atoms with Gasteiger partial charge in [0.2, 0.25) is 10.0 Å². The van der Waals surface area contributed by atoms with Crippen molar-refractivity contribution in [3.63, 3.8) is 0 Å². The van der Waals surface area contributed by atoms with Crippen molar-refractivity contribution in [1.82, 2.24) is 9.62 Å². The van der Waals surface area contributed by atoms with Crippen LogP contribution in [-0.4, -0.2) is 57.4 Å². The molecule has 0 saturated carbocycles. The smallest absolute Gasteiger partial charge is 0.338 e. The summed E-state index contributed by atoms with van der Waals surface area (Å²) >= 11 is 0. The van der Waals surface area contributed by atoms with E-state index in [1.54, 1.807) is 0 Å². The van der Waals surface area contributed by atoms with Crippen LogP contribution >= 0.6 is 0 Å². The Morgan fingerprint density at radius 3 is 2.30 bits per heavy atom. The Morgan fingerprint density at radius 2 is 1.73 bits per heavy atom. The molecule has 8 nitrogen and oxygen atoms in total. The van der Waals surface area contributed by atoms with Crippen LogP contribution in [0.1, 0.15) is 62.7 Å². The summed E-state index contributed by atoms with van der Waals surface area (Å²) in [6, 6.07) is 4.16. The quantitative estimate of drug-likeness (QED) is 0.593. The van der Waals surface area contributed by atoms with Crippen LogP contribution in [0.3, 0.4) is 0 Å². The molecule has 0 spiro atoms. The molecule has 1 aromatic carbocycles. The van der Waals surface area contributed by atoms with Gasteiger partial charge in [-0.15, -0.1) is 0 Å². The number of amides is 1. The Labute approximate surface area is 179 Å². The van der Waals surface area contributed by atoms with Gasteiger partial charge in [-0.3, -0.25) is 4.79 Å². The van der Waals surface area contributed by atoms with E-state index in [0.717, 1.165) is 38.5 Å². The summed E-state index contributed by atoms with van der Waals surface area (Å²) in [5.74, 6) is -0.977. The molecule has 0 unspecified atom stereocenters. The summed E-state index contributed by atoms with van der Waals surface area (Å²) < 4.78 is 38.1. The maximum Gasteiger partial charge on any atom is 0.338 e. The minimum Gasteiger partial charge on any atom is -0.495 e. The van der Waals surface area contributed by atoms with Crippen LogP contribution < -0.4 is 10.1 Å². The lowest BCUT2D eigenvalue weighted by Gasteiger charge is -2.21. The number of sulfonamides is 1. The zero-order chi connectivity index (χ0) is 22.1. The van der Waals surface area contributed by atoms with Crippen molar-refractivity contribution in [2.45, 2.75) is 63.3 Å². The zero-order valence-corrected chi connectivity index (χ0v) is 18.8. The Kier molecular flexibility index (Phi) is 9.10. The molecule has 2 rings (SSSR count). The number of methoxy groups -OCH3 is 1. The summed E-state index contributed by atoms with van der Waals surface area (Å²) in [5, 5.41) is 2.79. The maximum atomic E-state index is 13.2. The van der Waals surface area contributed by atoms with Crippen LogP contribution in [0.4, 0.5) is 0 Å². The lowest BCUT2D eigenvalue weighted by Crippen LogP contribution is -2.36. The van der Waals surface area contributed by atoms with Gasteiger partial charge < -0.3 is 14.8 Å². The normalized spacial score (nSPS) is 15.5. The molecule has 30 heavy (non-hydrogen) atoms. The first-order chi connectivity index (χ1) is 14.3. The van der Waals surface area contributed by atoms with Crippen LogP contribution in [0.15, 0.2) is 23.1 Å². The van der Waals surface area contributed by atoms with E-state index in [-0.39, 0.29) is 28.2 Å². The van der Waals surface area contributed by atoms with E-state index >= 15 is 0 Å². The van der Waals surface area contributed by atoms with Gasteiger partial charge in [-0.2, -0.15) is 4.31 Å². The number of hydrogen-bond donors (Lipinski definition) is 1. The van der Waals surface area contributed by atoms with Crippen LogP contribution in [0.2, 0.25) is 0 Å². The summed E-state index contributed by atoms with van der Waals surface area (Å²) in [6.45, 7) is 4.39. The van der Waals surface area contributed by atoms with E-state index in [1.807, 2.05) is 13.8 Å². The lowest BCUT2D eigenvalue weighted by atomic mass is 10.2. The van der Waals surface area contributed by atoms with Crippen molar-refractivity contribution in [3.05, 3.63) is 23.8 Å². The molecule has 0 aromatic heterocycles. The van der Waals surface area contributed by atoms with Gasteiger partial charge in [-0.1, -0.05) is 26.7 Å². The van der Waals surface area contributed by atoms with Crippen molar-refractivity contribution < 1.29 is 27.5 Å². The lowest BCUT2D eigenvalue weighted by molar-refractivity contribution is -0.125. The molecule has 0 aliphatic carbocycles. The van der Waals surface area contributed by atoms with Gasteiger partial charge in [0.05, 0.1) is 12.7 Å². The Balaban J connectivity index is 2.16. The van der Waals surface area contributed by atoms with E-state index in [4.69, 9.17) is 9.47 Å². The Morgan fingerprint density at radius 1 is 1.10 bits per heavy atom. The number of hydrogen-bond acceptors (Lipinski definition) is 6. The number of benzene rings is 1. The number of nitrogens with zero attached hydrogens (tertiary/aromatic N) is 1. The second-order valence-corrected chi connectivity index (χ2v) is 9.25. The topological polar surface area (TPSA) is 102 Å². The van der Waals surface area contributed by atoms with Crippen molar-refractivity contribution in [1.29, 1.82) is 0 Å². The van der Waals surface area contributed by atoms with Crippen LogP contribution in [0, 0.1) is 0 Å². The molecule has 1 aliphatic rings. The van der Waals surface area contributed by atoms with Crippen molar-refractivity contribution >= 4 is 21.9 Å². The zero-order valence-electron chi connectivity index (χ0n) is 18.0. The first kappa shape index (κ1) is 24.1. The molecule has 0 bridgehead atoms. The van der Waals surface area contributed by atoms with Gasteiger partial charge in [0, 0.05) is 19.1 Å². The van der Waals surface area contributed by atoms with Gasteiger partial charge >= 0.3 is 5.97 Å². The predicted molar refractivity (Wildman–Crippen MR) is 113 cm³/mol. The van der Waals surface area contributed by atoms with Gasteiger partial charge in [0.25, 0.3) is 5.91 Å². The standard InChI is InChI=1S/C21H32N2O6S/c1-4-17(5-2)22-20(24)15-29-21(25)16-10-11-18(28-3)19(14-16)30(26,27)23-12-8-6-7-9-13-23/h10-11,14,17H,4-9,12-13,15H2,1-3H3,(H,22,24). The maximum absolute atomic E-state index is 13.2. The second kappa shape index (κ2) is 11.3. The Bertz CT molecular complexity index is 828. The third kappa shape index (κ3) is 6.18. The summed E-state index contributed by atoms with van der Waals surface area (Å²) in [4.78, 5) is 24.3. The highest BCUT2D eigenvalue weighted by molar-refractivity contribution is 7.89. The highest BCUT2D eigenvalue weighted by atomic mass is 32.2. The molecule has 168 valence electrons. The molecular weight excluding hydrogens is 408 g/mol. The minimum absolute atomic E-state index is 0.0301. The number of nitrogens with one attached hydrogen (secondary N) is 1. The number of ether oxygens (including phenoxy) is 2. The third-order valence-electron chi connectivity index (χ3n) is 5.27. The molecule has 1 aliphatic heterocycles. The first-order valence-electron chi connectivity index (χ1n) is 10.5. The number of carbonyl (C=O) groups excluding carboxylic acids is 2. The van der Waals surface area contributed by atoms with Crippen molar-refractivity contribution in [2.24, 2.45) is 0 Å². The Hall–Kier alpha value is -2.13.